The van der Waals surface area contributed by atoms with Crippen molar-refractivity contribution in [2.75, 3.05) is 0 Å². The molecule has 0 aromatic rings. The van der Waals surface area contributed by atoms with Crippen LogP contribution in [0.15, 0.2) is 0 Å². The highest BCUT2D eigenvalue weighted by Gasteiger charge is 2.35. The summed E-state index contributed by atoms with van der Waals surface area (Å²) >= 11 is 0. The lowest BCUT2D eigenvalue weighted by Gasteiger charge is -2.41. The molecular weight excluding hydrogens is 416 g/mol. The molecule has 0 unspecified atom stereocenters. The normalized spacial score (nSPS) is 32.4. The van der Waals surface area contributed by atoms with Crippen LogP contribution in [0.5, 0.6) is 0 Å². The summed E-state index contributed by atoms with van der Waals surface area (Å²) in [7, 11) is 0. The van der Waals surface area contributed by atoms with Gasteiger partial charge in [0.05, 0.1) is 0 Å². The van der Waals surface area contributed by atoms with Gasteiger partial charge < -0.3 is 4.74 Å². The molecule has 0 N–H and O–H groups in total. The first-order valence-electron chi connectivity index (χ1n) is 15.9. The lowest BCUT2D eigenvalue weighted by atomic mass is 9.65. The molecule has 3 aliphatic carbocycles. The van der Waals surface area contributed by atoms with E-state index >= 15 is 0 Å². The van der Waals surface area contributed by atoms with Crippen molar-refractivity contribution in [2.45, 2.75) is 168 Å². The second-order valence-electron chi connectivity index (χ2n) is 12.5. The summed E-state index contributed by atoms with van der Waals surface area (Å²) in [6.45, 7) is 4.53. The highest BCUT2D eigenvalue weighted by Crippen LogP contribution is 2.46. The second-order valence-corrected chi connectivity index (χ2v) is 12.5. The van der Waals surface area contributed by atoms with Gasteiger partial charge in [-0.15, -0.1) is 0 Å². The molecule has 0 radical (unpaired) electrons. The van der Waals surface area contributed by atoms with Gasteiger partial charge in [0.1, 0.15) is 6.10 Å². The number of carbonyl (C=O) groups excluding carboxylic acids is 1. The van der Waals surface area contributed by atoms with Crippen LogP contribution in [-0.4, -0.2) is 12.1 Å². The third kappa shape index (κ3) is 9.85. The molecule has 0 atom stereocenters. The van der Waals surface area contributed by atoms with Gasteiger partial charge in [-0.2, -0.15) is 0 Å². The third-order valence-corrected chi connectivity index (χ3v) is 10.0. The van der Waals surface area contributed by atoms with Crippen molar-refractivity contribution >= 4 is 5.97 Å². The lowest BCUT2D eigenvalue weighted by molar-refractivity contribution is -0.151. The van der Waals surface area contributed by atoms with E-state index in [1.54, 1.807) is 0 Å². The van der Waals surface area contributed by atoms with Crippen LogP contribution in [0.25, 0.3) is 0 Å². The molecule has 198 valence electrons. The molecule has 0 aromatic carbocycles. The van der Waals surface area contributed by atoms with Gasteiger partial charge >= 0.3 is 5.97 Å². The number of unbranched alkanes of at least 4 members (excludes halogenated alkanes) is 7. The monoisotopic (exact) mass is 474 g/mol. The maximum Gasteiger partial charge on any atom is 0.306 e. The summed E-state index contributed by atoms with van der Waals surface area (Å²) in [4.78, 5) is 12.1. The Hall–Kier alpha value is -0.530. The number of hydrogen-bond donors (Lipinski definition) is 0. The molecule has 2 heteroatoms. The maximum atomic E-state index is 12.1. The molecule has 0 spiro atoms. The molecule has 3 fully saturated rings. The standard InChI is InChI=1S/C32H58O2/c1-3-5-7-9-10-12-26-14-16-27(17-15-26)28-18-20-29(21-19-28)30-22-24-31(25-23-30)34-32(33)13-11-8-6-4-2/h26-31H,3-25H2,1-2H3. The number of hydrogen-bond acceptors (Lipinski definition) is 2. The Morgan fingerprint density at radius 3 is 1.53 bits per heavy atom. The lowest BCUT2D eigenvalue weighted by Crippen LogP contribution is -2.31. The van der Waals surface area contributed by atoms with Crippen molar-refractivity contribution in [2.24, 2.45) is 29.6 Å². The van der Waals surface area contributed by atoms with Gasteiger partial charge in [0.25, 0.3) is 0 Å². The van der Waals surface area contributed by atoms with E-state index in [0.717, 1.165) is 48.9 Å². The van der Waals surface area contributed by atoms with Crippen LogP contribution >= 0.6 is 0 Å². The van der Waals surface area contributed by atoms with E-state index in [2.05, 4.69) is 13.8 Å². The topological polar surface area (TPSA) is 26.3 Å². The number of ether oxygens (including phenoxy) is 1. The predicted molar refractivity (Wildman–Crippen MR) is 145 cm³/mol. The van der Waals surface area contributed by atoms with E-state index in [1.165, 1.54) is 122 Å². The third-order valence-electron chi connectivity index (χ3n) is 10.0. The van der Waals surface area contributed by atoms with Gasteiger partial charge in [0, 0.05) is 6.42 Å². The first kappa shape index (κ1) is 28.0. The molecule has 3 saturated carbocycles. The molecule has 3 aliphatic rings. The quantitative estimate of drug-likeness (QED) is 0.185. The van der Waals surface area contributed by atoms with E-state index in [-0.39, 0.29) is 12.1 Å². The summed E-state index contributed by atoms with van der Waals surface area (Å²) in [5, 5.41) is 0. The fourth-order valence-corrected chi connectivity index (χ4v) is 7.69. The summed E-state index contributed by atoms with van der Waals surface area (Å²) in [6.07, 6.45) is 31.1. The van der Waals surface area contributed by atoms with Crippen LogP contribution in [0.3, 0.4) is 0 Å². The van der Waals surface area contributed by atoms with Gasteiger partial charge in [-0.25, -0.2) is 0 Å². The number of esters is 1. The SMILES string of the molecule is CCCCCCCC1CCC(C2CCC(C3CCC(OC(=O)CCCCCC)CC3)CC2)CC1. The average molecular weight is 475 g/mol. The summed E-state index contributed by atoms with van der Waals surface area (Å²) in [5.74, 6) is 5.06. The molecule has 0 bridgehead atoms. The minimum Gasteiger partial charge on any atom is -0.462 e. The molecule has 34 heavy (non-hydrogen) atoms. The second kappa shape index (κ2) is 16.3. The van der Waals surface area contributed by atoms with Crippen LogP contribution < -0.4 is 0 Å². The van der Waals surface area contributed by atoms with Crippen molar-refractivity contribution in [3.05, 3.63) is 0 Å². The van der Waals surface area contributed by atoms with Gasteiger partial charge in [0.15, 0.2) is 0 Å². The summed E-state index contributed by atoms with van der Waals surface area (Å²) in [6, 6.07) is 0. The molecule has 0 aromatic heterocycles. The first-order valence-corrected chi connectivity index (χ1v) is 15.9. The number of carbonyl (C=O) groups is 1. The van der Waals surface area contributed by atoms with E-state index in [0.29, 0.717) is 6.42 Å². The molecule has 0 saturated heterocycles. The molecule has 3 rings (SSSR count). The van der Waals surface area contributed by atoms with Gasteiger partial charge in [-0.1, -0.05) is 84.5 Å². The molecule has 0 amide bonds. The van der Waals surface area contributed by atoms with Crippen LogP contribution in [-0.2, 0) is 9.53 Å². The van der Waals surface area contributed by atoms with Crippen LogP contribution in [0.1, 0.15) is 162 Å². The highest BCUT2D eigenvalue weighted by atomic mass is 16.5. The van der Waals surface area contributed by atoms with Crippen molar-refractivity contribution in [1.29, 1.82) is 0 Å². The Bertz CT molecular complexity index is 519. The zero-order valence-corrected chi connectivity index (χ0v) is 23.0. The Kier molecular flexibility index (Phi) is 13.4. The van der Waals surface area contributed by atoms with Crippen molar-refractivity contribution < 1.29 is 9.53 Å². The average Bonchev–Trinajstić information content (AvgIpc) is 2.87. The van der Waals surface area contributed by atoms with E-state index in [9.17, 15) is 4.79 Å². The fraction of sp³-hybridized carbons (Fsp3) is 0.969. The largest absolute Gasteiger partial charge is 0.462 e. The molecular formula is C32H58O2. The van der Waals surface area contributed by atoms with Crippen molar-refractivity contribution in [3.8, 4) is 0 Å². The Balaban J connectivity index is 1.24. The van der Waals surface area contributed by atoms with Crippen LogP contribution in [0.4, 0.5) is 0 Å². The van der Waals surface area contributed by atoms with E-state index in [4.69, 9.17) is 4.74 Å². The summed E-state index contributed by atoms with van der Waals surface area (Å²) < 4.78 is 5.81. The molecule has 0 heterocycles. The predicted octanol–water partition coefficient (Wildman–Crippen LogP) is 10.0. The summed E-state index contributed by atoms with van der Waals surface area (Å²) in [5.41, 5.74) is 0. The molecule has 0 aliphatic heterocycles. The Labute approximate surface area is 212 Å². The van der Waals surface area contributed by atoms with Crippen LogP contribution in [0.2, 0.25) is 0 Å². The fourth-order valence-electron chi connectivity index (χ4n) is 7.69. The van der Waals surface area contributed by atoms with Gasteiger partial charge in [0.2, 0.25) is 0 Å². The Morgan fingerprint density at radius 2 is 1.00 bits per heavy atom. The van der Waals surface area contributed by atoms with Crippen molar-refractivity contribution in [3.63, 3.8) is 0 Å². The smallest absolute Gasteiger partial charge is 0.306 e. The zero-order chi connectivity index (χ0) is 24.0. The van der Waals surface area contributed by atoms with Gasteiger partial charge in [-0.3, -0.25) is 4.79 Å². The first-order chi connectivity index (χ1) is 16.7. The maximum absolute atomic E-state index is 12.1. The Morgan fingerprint density at radius 1 is 0.559 bits per heavy atom. The highest BCUT2D eigenvalue weighted by molar-refractivity contribution is 5.69. The minimum atomic E-state index is 0.0614. The van der Waals surface area contributed by atoms with Crippen LogP contribution in [0, 0.1) is 29.6 Å². The van der Waals surface area contributed by atoms with Crippen molar-refractivity contribution in [1.82, 2.24) is 0 Å². The number of rotatable bonds is 14. The van der Waals surface area contributed by atoms with E-state index in [1.807, 2.05) is 0 Å². The zero-order valence-electron chi connectivity index (χ0n) is 23.0. The van der Waals surface area contributed by atoms with Gasteiger partial charge in [-0.05, 0) is 100 Å². The molecule has 2 nitrogen and oxygen atoms in total. The minimum absolute atomic E-state index is 0.0614. The van der Waals surface area contributed by atoms with E-state index < -0.39 is 0 Å².